The van der Waals surface area contributed by atoms with E-state index < -0.39 is 0 Å². The molecule has 0 aliphatic heterocycles. The molecule has 0 unspecified atom stereocenters. The first kappa shape index (κ1) is 9.99. The molecule has 0 radical (unpaired) electrons. The summed E-state index contributed by atoms with van der Waals surface area (Å²) >= 11 is 0. The van der Waals surface area contributed by atoms with E-state index in [0.717, 1.165) is 22.3 Å². The van der Waals surface area contributed by atoms with Gasteiger partial charge in [0.2, 0.25) is 0 Å². The molecule has 84 valence electrons. The standard InChI is InChI=1S/C13H12N4/c14-9-10-5-1-3-7-12(10)17-13-8-4-2-6-11(13)15-16-17/h1-8H,9,14H2. The molecule has 0 saturated carbocycles. The number of nitrogens with zero attached hydrogens (tertiary/aromatic N) is 3. The van der Waals surface area contributed by atoms with Gasteiger partial charge in [-0.15, -0.1) is 5.10 Å². The average Bonchev–Trinajstić information content (AvgIpc) is 2.82. The summed E-state index contributed by atoms with van der Waals surface area (Å²) in [6.45, 7) is 0.490. The van der Waals surface area contributed by atoms with Crippen molar-refractivity contribution >= 4 is 11.0 Å². The molecule has 0 aliphatic rings. The molecule has 3 rings (SSSR count). The van der Waals surface area contributed by atoms with Crippen LogP contribution in [0.25, 0.3) is 16.7 Å². The summed E-state index contributed by atoms with van der Waals surface area (Å²) in [6.07, 6.45) is 0. The van der Waals surface area contributed by atoms with Gasteiger partial charge in [-0.1, -0.05) is 35.5 Å². The minimum atomic E-state index is 0.490. The number of para-hydroxylation sites is 2. The second-order valence-electron chi connectivity index (χ2n) is 3.82. The fraction of sp³-hybridized carbons (Fsp3) is 0.0769. The summed E-state index contributed by atoms with van der Waals surface area (Å²) in [5.74, 6) is 0. The van der Waals surface area contributed by atoms with E-state index in [9.17, 15) is 0 Å². The Morgan fingerprint density at radius 3 is 2.65 bits per heavy atom. The number of rotatable bonds is 2. The Morgan fingerprint density at radius 2 is 1.76 bits per heavy atom. The third-order valence-electron chi connectivity index (χ3n) is 2.79. The van der Waals surface area contributed by atoms with Crippen molar-refractivity contribution in [2.45, 2.75) is 6.54 Å². The fourth-order valence-electron chi connectivity index (χ4n) is 1.94. The number of fused-ring (bicyclic) bond motifs is 1. The number of aromatic nitrogens is 3. The minimum absolute atomic E-state index is 0.490. The molecule has 17 heavy (non-hydrogen) atoms. The van der Waals surface area contributed by atoms with Gasteiger partial charge in [-0.3, -0.25) is 0 Å². The maximum atomic E-state index is 5.74. The lowest BCUT2D eigenvalue weighted by Crippen LogP contribution is -2.05. The number of benzene rings is 2. The summed E-state index contributed by atoms with van der Waals surface area (Å²) in [5.41, 5.74) is 9.67. The largest absolute Gasteiger partial charge is 0.326 e. The Kier molecular flexibility index (Phi) is 2.34. The van der Waals surface area contributed by atoms with Crippen LogP contribution in [0.3, 0.4) is 0 Å². The number of nitrogens with two attached hydrogens (primary N) is 1. The van der Waals surface area contributed by atoms with E-state index in [0.29, 0.717) is 6.54 Å². The van der Waals surface area contributed by atoms with Crippen molar-refractivity contribution in [1.29, 1.82) is 0 Å². The van der Waals surface area contributed by atoms with Gasteiger partial charge in [0.15, 0.2) is 0 Å². The van der Waals surface area contributed by atoms with Gasteiger partial charge in [0.05, 0.1) is 11.2 Å². The Hall–Kier alpha value is -2.20. The zero-order valence-corrected chi connectivity index (χ0v) is 9.24. The van der Waals surface area contributed by atoms with Gasteiger partial charge in [-0.05, 0) is 23.8 Å². The van der Waals surface area contributed by atoms with Crippen molar-refractivity contribution in [1.82, 2.24) is 15.0 Å². The average molecular weight is 224 g/mol. The van der Waals surface area contributed by atoms with Crippen molar-refractivity contribution in [2.24, 2.45) is 5.73 Å². The molecule has 1 aromatic heterocycles. The van der Waals surface area contributed by atoms with E-state index in [1.54, 1.807) is 0 Å². The maximum absolute atomic E-state index is 5.74. The Morgan fingerprint density at radius 1 is 1.00 bits per heavy atom. The first-order valence-corrected chi connectivity index (χ1v) is 5.49. The van der Waals surface area contributed by atoms with E-state index in [1.807, 2.05) is 53.2 Å². The summed E-state index contributed by atoms with van der Waals surface area (Å²) in [4.78, 5) is 0. The van der Waals surface area contributed by atoms with Gasteiger partial charge in [-0.25, -0.2) is 4.68 Å². The highest BCUT2D eigenvalue weighted by Gasteiger charge is 2.08. The molecule has 0 atom stereocenters. The van der Waals surface area contributed by atoms with E-state index in [2.05, 4.69) is 10.3 Å². The lowest BCUT2D eigenvalue weighted by atomic mass is 10.2. The monoisotopic (exact) mass is 224 g/mol. The van der Waals surface area contributed by atoms with Crippen LogP contribution in [0.1, 0.15) is 5.56 Å². The van der Waals surface area contributed by atoms with Gasteiger partial charge < -0.3 is 5.73 Å². The molecule has 0 fully saturated rings. The highest BCUT2D eigenvalue weighted by Crippen LogP contribution is 2.18. The minimum Gasteiger partial charge on any atom is -0.326 e. The third kappa shape index (κ3) is 1.59. The molecule has 0 spiro atoms. The van der Waals surface area contributed by atoms with Crippen molar-refractivity contribution in [2.75, 3.05) is 0 Å². The molecule has 0 bridgehead atoms. The Bertz CT molecular complexity index is 657. The molecule has 2 N–H and O–H groups in total. The van der Waals surface area contributed by atoms with Crippen molar-refractivity contribution < 1.29 is 0 Å². The predicted octanol–water partition coefficient (Wildman–Crippen LogP) is 1.88. The van der Waals surface area contributed by atoms with Gasteiger partial charge in [-0.2, -0.15) is 0 Å². The molecule has 4 nitrogen and oxygen atoms in total. The van der Waals surface area contributed by atoms with E-state index in [-0.39, 0.29) is 0 Å². The Labute approximate surface area is 98.7 Å². The van der Waals surface area contributed by atoms with Crippen LogP contribution in [-0.2, 0) is 6.54 Å². The van der Waals surface area contributed by atoms with E-state index >= 15 is 0 Å². The predicted molar refractivity (Wildman–Crippen MR) is 66.8 cm³/mol. The van der Waals surface area contributed by atoms with Gasteiger partial charge in [0.25, 0.3) is 0 Å². The zero-order valence-electron chi connectivity index (χ0n) is 9.24. The van der Waals surface area contributed by atoms with Crippen molar-refractivity contribution in [3.8, 4) is 5.69 Å². The molecular formula is C13H12N4. The van der Waals surface area contributed by atoms with Crippen LogP contribution in [0.5, 0.6) is 0 Å². The molecule has 4 heteroatoms. The normalized spacial score (nSPS) is 10.9. The van der Waals surface area contributed by atoms with E-state index in [1.165, 1.54) is 0 Å². The third-order valence-corrected chi connectivity index (χ3v) is 2.79. The molecule has 0 aliphatic carbocycles. The topological polar surface area (TPSA) is 56.7 Å². The van der Waals surface area contributed by atoms with Crippen LogP contribution < -0.4 is 5.73 Å². The summed E-state index contributed by atoms with van der Waals surface area (Å²) in [7, 11) is 0. The molecule has 0 amide bonds. The molecular weight excluding hydrogens is 212 g/mol. The van der Waals surface area contributed by atoms with Gasteiger partial charge in [0, 0.05) is 6.54 Å². The summed E-state index contributed by atoms with van der Waals surface area (Å²) in [5, 5.41) is 8.33. The smallest absolute Gasteiger partial charge is 0.113 e. The Balaban J connectivity index is 2.27. The van der Waals surface area contributed by atoms with Crippen LogP contribution in [0.15, 0.2) is 48.5 Å². The van der Waals surface area contributed by atoms with Crippen LogP contribution in [0.2, 0.25) is 0 Å². The highest BCUT2D eigenvalue weighted by molar-refractivity contribution is 5.76. The van der Waals surface area contributed by atoms with Crippen molar-refractivity contribution in [3.63, 3.8) is 0 Å². The highest BCUT2D eigenvalue weighted by atomic mass is 15.4. The molecule has 2 aromatic carbocycles. The maximum Gasteiger partial charge on any atom is 0.113 e. The number of hydrogen-bond acceptors (Lipinski definition) is 3. The molecule has 1 heterocycles. The molecule has 3 aromatic rings. The van der Waals surface area contributed by atoms with Crippen LogP contribution in [0.4, 0.5) is 0 Å². The van der Waals surface area contributed by atoms with E-state index in [4.69, 9.17) is 5.73 Å². The first-order valence-electron chi connectivity index (χ1n) is 5.49. The van der Waals surface area contributed by atoms with Crippen LogP contribution >= 0.6 is 0 Å². The van der Waals surface area contributed by atoms with Gasteiger partial charge >= 0.3 is 0 Å². The summed E-state index contributed by atoms with van der Waals surface area (Å²) < 4.78 is 1.83. The second-order valence-corrected chi connectivity index (χ2v) is 3.82. The molecule has 0 saturated heterocycles. The summed E-state index contributed by atoms with van der Waals surface area (Å²) in [6, 6.07) is 15.8. The van der Waals surface area contributed by atoms with Crippen molar-refractivity contribution in [3.05, 3.63) is 54.1 Å². The fourth-order valence-corrected chi connectivity index (χ4v) is 1.94. The van der Waals surface area contributed by atoms with Crippen LogP contribution in [0, 0.1) is 0 Å². The number of hydrogen-bond donors (Lipinski definition) is 1. The first-order chi connectivity index (χ1) is 8.40. The SMILES string of the molecule is NCc1ccccc1-n1nnc2ccccc21. The zero-order chi connectivity index (χ0) is 11.7. The lowest BCUT2D eigenvalue weighted by Gasteiger charge is -2.07. The second kappa shape index (κ2) is 3.99. The van der Waals surface area contributed by atoms with Gasteiger partial charge in [0.1, 0.15) is 5.52 Å². The van der Waals surface area contributed by atoms with Crippen LogP contribution in [-0.4, -0.2) is 15.0 Å². The quantitative estimate of drug-likeness (QED) is 0.723. The lowest BCUT2D eigenvalue weighted by molar-refractivity contribution is 0.811.